The van der Waals surface area contributed by atoms with Crippen molar-refractivity contribution in [2.45, 2.75) is 219 Å². The van der Waals surface area contributed by atoms with Gasteiger partial charge in [-0.2, -0.15) is 0 Å². The van der Waals surface area contributed by atoms with Crippen LogP contribution in [0.5, 0.6) is 0 Å². The van der Waals surface area contributed by atoms with Crippen molar-refractivity contribution < 1.29 is 38.2 Å². The Morgan fingerprint density at radius 2 is 0.918 bits per heavy atom. The first-order valence-electron chi connectivity index (χ1n) is 24.8. The van der Waals surface area contributed by atoms with Crippen molar-refractivity contribution in [3.05, 3.63) is 60.8 Å². The number of hydrogen-bond donors (Lipinski definition) is 1. The second kappa shape index (κ2) is 43.7. The average Bonchev–Trinajstić information content (AvgIpc) is 3.22. The number of hydrogen-bond acceptors (Lipinski definition) is 6. The Morgan fingerprint density at radius 3 is 1.39 bits per heavy atom. The number of allylic oxidation sites excluding steroid dienone is 10. The summed E-state index contributed by atoms with van der Waals surface area (Å²) in [5, 5.41) is 9.64. The third-order valence-electron chi connectivity index (χ3n) is 10.9. The van der Waals surface area contributed by atoms with Crippen molar-refractivity contribution in [3.63, 3.8) is 0 Å². The van der Waals surface area contributed by atoms with E-state index in [1.165, 1.54) is 96.3 Å². The number of ether oxygens (including phenoxy) is 3. The molecular weight excluding hydrogens is 763 g/mol. The number of rotatable bonds is 44. The number of likely N-dealkylation sites (N-methyl/N-ethyl adjacent to an activating group) is 1. The zero-order chi connectivity index (χ0) is 44.9. The molecule has 0 aliphatic heterocycles. The molecule has 352 valence electrons. The van der Waals surface area contributed by atoms with E-state index in [2.05, 4.69) is 74.6 Å². The Morgan fingerprint density at radius 1 is 0.508 bits per heavy atom. The van der Waals surface area contributed by atoms with Gasteiger partial charge in [0.1, 0.15) is 6.61 Å². The van der Waals surface area contributed by atoms with E-state index in [4.69, 9.17) is 14.2 Å². The Bertz CT molecular complexity index is 1180. The van der Waals surface area contributed by atoms with E-state index in [0.29, 0.717) is 19.3 Å². The lowest BCUT2D eigenvalue weighted by atomic mass is 10.0. The topological polar surface area (TPSA) is 99.1 Å². The predicted molar refractivity (Wildman–Crippen MR) is 257 cm³/mol. The highest BCUT2D eigenvalue weighted by molar-refractivity contribution is 5.72. The van der Waals surface area contributed by atoms with Gasteiger partial charge >= 0.3 is 17.9 Å². The molecule has 0 saturated heterocycles. The molecule has 1 N–H and O–H groups in total. The van der Waals surface area contributed by atoms with Crippen LogP contribution in [0.4, 0.5) is 0 Å². The molecule has 61 heavy (non-hydrogen) atoms. The smallest absolute Gasteiger partial charge is 0.362 e. The summed E-state index contributed by atoms with van der Waals surface area (Å²) in [6.07, 6.45) is 54.1. The molecule has 0 aliphatic rings. The van der Waals surface area contributed by atoms with E-state index >= 15 is 0 Å². The second-order valence-electron chi connectivity index (χ2n) is 17.7. The summed E-state index contributed by atoms with van der Waals surface area (Å²) < 4.78 is 17.3. The third kappa shape index (κ3) is 42.1. The Labute approximate surface area is 375 Å². The third-order valence-corrected chi connectivity index (χ3v) is 10.9. The highest BCUT2D eigenvalue weighted by Gasteiger charge is 2.31. The van der Waals surface area contributed by atoms with Crippen molar-refractivity contribution in [1.29, 1.82) is 0 Å². The number of unbranched alkanes of at least 4 members (excludes halogenated alkanes) is 20. The first-order valence-corrected chi connectivity index (χ1v) is 24.8. The maximum Gasteiger partial charge on any atom is 0.362 e. The molecule has 0 bridgehead atoms. The van der Waals surface area contributed by atoms with Gasteiger partial charge in [0.15, 0.2) is 12.1 Å². The van der Waals surface area contributed by atoms with Crippen LogP contribution in [-0.4, -0.2) is 80.6 Å². The van der Waals surface area contributed by atoms with Gasteiger partial charge in [0.2, 0.25) is 0 Å². The highest BCUT2D eigenvalue weighted by atomic mass is 16.6. The zero-order valence-corrected chi connectivity index (χ0v) is 40.1. The van der Waals surface area contributed by atoms with Crippen molar-refractivity contribution in [2.24, 2.45) is 0 Å². The van der Waals surface area contributed by atoms with Crippen molar-refractivity contribution in [3.8, 4) is 0 Å². The molecule has 8 heteroatoms. The van der Waals surface area contributed by atoms with Gasteiger partial charge in [0, 0.05) is 19.3 Å². The number of carbonyl (C=O) groups is 3. The fraction of sp³-hybridized carbons (Fsp3) is 0.755. The second-order valence-corrected chi connectivity index (χ2v) is 17.7. The summed E-state index contributed by atoms with van der Waals surface area (Å²) in [6.45, 7) is 4.61. The molecule has 0 rings (SSSR count). The largest absolute Gasteiger partial charge is 0.477 e. The van der Waals surface area contributed by atoms with E-state index in [1.807, 2.05) is 21.1 Å². The molecule has 0 heterocycles. The normalized spacial score (nSPS) is 13.4. The van der Waals surface area contributed by atoms with E-state index < -0.39 is 18.1 Å². The molecule has 8 nitrogen and oxygen atoms in total. The summed E-state index contributed by atoms with van der Waals surface area (Å²) in [4.78, 5) is 37.1. The minimum atomic E-state index is -0.878. The molecule has 0 aliphatic carbocycles. The summed E-state index contributed by atoms with van der Waals surface area (Å²) in [6, 6.07) is -0.619. The molecule has 0 fully saturated rings. The number of quaternary nitrogens is 1. The van der Waals surface area contributed by atoms with Crippen LogP contribution < -0.4 is 0 Å². The van der Waals surface area contributed by atoms with Gasteiger partial charge in [-0.3, -0.25) is 9.59 Å². The monoisotopic (exact) mass is 857 g/mol. The lowest BCUT2D eigenvalue weighted by Gasteiger charge is -2.31. The van der Waals surface area contributed by atoms with Gasteiger partial charge in [0.05, 0.1) is 34.4 Å². The van der Waals surface area contributed by atoms with Crippen LogP contribution in [0.25, 0.3) is 0 Å². The summed E-state index contributed by atoms with van der Waals surface area (Å²) in [5.41, 5.74) is 0. The van der Waals surface area contributed by atoms with Gasteiger partial charge < -0.3 is 23.8 Å². The van der Waals surface area contributed by atoms with Crippen molar-refractivity contribution in [1.82, 2.24) is 0 Å². The number of aliphatic carboxylic acids is 1. The van der Waals surface area contributed by atoms with Crippen LogP contribution in [0.3, 0.4) is 0 Å². The van der Waals surface area contributed by atoms with E-state index in [0.717, 1.165) is 77.0 Å². The number of carbonyl (C=O) groups excluding carboxylic acids is 2. The lowest BCUT2D eigenvalue weighted by molar-refractivity contribution is -0.887. The summed E-state index contributed by atoms with van der Waals surface area (Å²) in [7, 11) is 5.53. The fourth-order valence-corrected chi connectivity index (χ4v) is 7.08. The first-order chi connectivity index (χ1) is 29.6. The fourth-order valence-electron chi connectivity index (χ4n) is 7.08. The molecule has 0 aromatic carbocycles. The van der Waals surface area contributed by atoms with Crippen molar-refractivity contribution >= 4 is 17.9 Å². The molecule has 0 amide bonds. The standard InChI is InChI=1S/C53H93NO7/c1-6-8-10-12-14-16-18-20-22-23-24-25-26-27-28-29-30-32-34-36-38-40-42-44-52(56)61-49(47-59-46-45-50(53(57)58)54(3,4)5)48-60-51(55)43-41-39-37-35-33-31-21-19-17-15-13-11-9-7-2/h8,10,14,16,20,22,24-25,31,33,49-50H,6-7,9,11-13,15,17-19,21,23,26-30,32,34-48H2,1-5H3/p+1/b10-8+,16-14+,22-20+,25-24+,33-31+. The molecule has 2 atom stereocenters. The van der Waals surface area contributed by atoms with Crippen LogP contribution in [0.1, 0.15) is 206 Å². The van der Waals surface area contributed by atoms with Crippen LogP contribution in [0, 0.1) is 0 Å². The molecule has 0 aromatic heterocycles. The predicted octanol–water partition coefficient (Wildman–Crippen LogP) is 14.1. The van der Waals surface area contributed by atoms with Gasteiger partial charge in [-0.15, -0.1) is 0 Å². The minimum absolute atomic E-state index is 0.0537. The number of carboxylic acid groups (broad SMARTS) is 1. The van der Waals surface area contributed by atoms with Gasteiger partial charge in [0.25, 0.3) is 0 Å². The van der Waals surface area contributed by atoms with Gasteiger partial charge in [-0.05, 0) is 77.0 Å². The molecular formula is C53H94NO7+. The minimum Gasteiger partial charge on any atom is -0.477 e. The molecule has 0 saturated carbocycles. The molecule has 2 unspecified atom stereocenters. The van der Waals surface area contributed by atoms with Crippen LogP contribution in [0.15, 0.2) is 60.8 Å². The Hall–Kier alpha value is -2.97. The number of esters is 2. The van der Waals surface area contributed by atoms with E-state index in [-0.39, 0.29) is 36.2 Å². The Balaban J connectivity index is 4.26. The molecule has 0 aromatic rings. The first kappa shape index (κ1) is 58.0. The van der Waals surface area contributed by atoms with Crippen LogP contribution in [-0.2, 0) is 28.6 Å². The summed E-state index contributed by atoms with van der Waals surface area (Å²) >= 11 is 0. The zero-order valence-electron chi connectivity index (χ0n) is 40.1. The molecule has 0 radical (unpaired) electrons. The maximum absolute atomic E-state index is 12.8. The van der Waals surface area contributed by atoms with E-state index in [9.17, 15) is 19.5 Å². The summed E-state index contributed by atoms with van der Waals surface area (Å²) in [5.74, 6) is -1.49. The SMILES string of the molecule is CC/C=C/C/C=C/C/C=C/C/C=C/CCCCCCCCCCCCC(=O)OC(COCCC(C(=O)O)[N+](C)(C)C)COC(=O)CCCCC/C=C/CCCCCCCCC. The van der Waals surface area contributed by atoms with E-state index in [1.54, 1.807) is 0 Å². The Kier molecular flexibility index (Phi) is 41.5. The highest BCUT2D eigenvalue weighted by Crippen LogP contribution is 2.15. The molecule has 0 spiro atoms. The van der Waals surface area contributed by atoms with Crippen LogP contribution >= 0.6 is 0 Å². The number of nitrogens with zero attached hydrogens (tertiary/aromatic N) is 1. The van der Waals surface area contributed by atoms with Crippen molar-refractivity contribution in [2.75, 3.05) is 41.0 Å². The van der Waals surface area contributed by atoms with Gasteiger partial charge in [-0.25, -0.2) is 4.79 Å². The van der Waals surface area contributed by atoms with Crippen LogP contribution in [0.2, 0.25) is 0 Å². The number of carboxylic acids is 1. The average molecular weight is 857 g/mol. The maximum atomic E-state index is 12.8. The lowest BCUT2D eigenvalue weighted by Crippen LogP contribution is -2.50. The quantitative estimate of drug-likeness (QED) is 0.0282. The van der Waals surface area contributed by atoms with Gasteiger partial charge in [-0.1, -0.05) is 171 Å².